The van der Waals surface area contributed by atoms with Gasteiger partial charge in [0.05, 0.1) is 11.3 Å². The number of thiocarbonyl (C=S) groups is 1. The lowest BCUT2D eigenvalue weighted by molar-refractivity contribution is -0.119. The van der Waals surface area contributed by atoms with Crippen LogP contribution in [0.25, 0.3) is 0 Å². The summed E-state index contributed by atoms with van der Waals surface area (Å²) in [5.41, 5.74) is 6.40. The van der Waals surface area contributed by atoms with Crippen LogP contribution in [-0.4, -0.2) is 34.5 Å². The van der Waals surface area contributed by atoms with E-state index in [1.54, 1.807) is 14.0 Å². The summed E-state index contributed by atoms with van der Waals surface area (Å²) < 4.78 is 38.3. The molecule has 0 aliphatic rings. The zero-order valence-corrected chi connectivity index (χ0v) is 10.5. The summed E-state index contributed by atoms with van der Waals surface area (Å²) in [4.78, 5) is 1.08. The van der Waals surface area contributed by atoms with Gasteiger partial charge in [-0.3, -0.25) is 4.68 Å². The summed E-state index contributed by atoms with van der Waals surface area (Å²) in [5, 5.41) is 4.02. The molecule has 0 saturated heterocycles. The highest BCUT2D eigenvalue weighted by molar-refractivity contribution is 7.80. The summed E-state index contributed by atoms with van der Waals surface area (Å²) in [5.74, 6) is 0.271. The third kappa shape index (κ3) is 3.09. The molecule has 0 atom stereocenters. The van der Waals surface area contributed by atoms with E-state index >= 15 is 0 Å². The number of nitrogens with zero attached hydrogens (tertiary/aromatic N) is 3. The van der Waals surface area contributed by atoms with E-state index in [-0.39, 0.29) is 10.8 Å². The molecule has 1 rings (SSSR count). The molecule has 0 unspecified atom stereocenters. The van der Waals surface area contributed by atoms with Crippen molar-refractivity contribution in [3.63, 3.8) is 0 Å². The van der Waals surface area contributed by atoms with Crippen LogP contribution in [0.3, 0.4) is 0 Å². The number of halogens is 3. The smallest absolute Gasteiger partial charge is 0.389 e. The predicted molar refractivity (Wildman–Crippen MR) is 63.2 cm³/mol. The summed E-state index contributed by atoms with van der Waals surface area (Å²) >= 11 is 4.83. The average molecular weight is 266 g/mol. The molecule has 4 nitrogen and oxygen atoms in total. The molecule has 17 heavy (non-hydrogen) atoms. The standard InChI is InChI=1S/C9H13F3N4S/c1-5-6(7(13)17)8(16(3)14-5)15(2)4-9(10,11)12/h4H2,1-3H3,(H2,13,17). The van der Waals surface area contributed by atoms with E-state index < -0.39 is 12.7 Å². The van der Waals surface area contributed by atoms with Crippen LogP contribution >= 0.6 is 12.2 Å². The van der Waals surface area contributed by atoms with Crippen molar-refractivity contribution >= 4 is 23.0 Å². The van der Waals surface area contributed by atoms with Crippen LogP contribution in [0.15, 0.2) is 0 Å². The van der Waals surface area contributed by atoms with Crippen molar-refractivity contribution < 1.29 is 13.2 Å². The second-order valence-electron chi connectivity index (χ2n) is 3.74. The molecule has 2 N–H and O–H groups in total. The van der Waals surface area contributed by atoms with Gasteiger partial charge in [0.15, 0.2) is 0 Å². The molecule has 0 spiro atoms. The molecule has 0 aliphatic heterocycles. The topological polar surface area (TPSA) is 47.1 Å². The van der Waals surface area contributed by atoms with Gasteiger partial charge >= 0.3 is 6.18 Å². The Balaban J connectivity index is 3.17. The van der Waals surface area contributed by atoms with Gasteiger partial charge in [0.2, 0.25) is 0 Å². The molecule has 0 bridgehead atoms. The Kier molecular flexibility index (Phi) is 3.65. The minimum Gasteiger partial charge on any atom is -0.389 e. The number of alkyl halides is 3. The van der Waals surface area contributed by atoms with Crippen molar-refractivity contribution in [2.45, 2.75) is 13.1 Å². The van der Waals surface area contributed by atoms with E-state index in [1.807, 2.05) is 0 Å². The molecule has 1 aromatic heterocycles. The summed E-state index contributed by atoms with van der Waals surface area (Å²) in [6, 6.07) is 0. The van der Waals surface area contributed by atoms with Crippen LogP contribution in [0.2, 0.25) is 0 Å². The van der Waals surface area contributed by atoms with E-state index in [4.69, 9.17) is 18.0 Å². The molecule has 0 amide bonds. The highest BCUT2D eigenvalue weighted by atomic mass is 32.1. The molecule has 0 radical (unpaired) electrons. The van der Waals surface area contributed by atoms with E-state index in [0.29, 0.717) is 11.3 Å². The summed E-state index contributed by atoms with van der Waals surface area (Å²) in [6.07, 6.45) is -4.29. The lowest BCUT2D eigenvalue weighted by Gasteiger charge is -2.22. The van der Waals surface area contributed by atoms with Crippen LogP contribution in [0, 0.1) is 6.92 Å². The van der Waals surface area contributed by atoms with Gasteiger partial charge in [0.25, 0.3) is 0 Å². The lowest BCUT2D eigenvalue weighted by Crippen LogP contribution is -2.33. The number of hydrogen-bond donors (Lipinski definition) is 1. The third-order valence-corrected chi connectivity index (χ3v) is 2.42. The number of hydrogen-bond acceptors (Lipinski definition) is 3. The van der Waals surface area contributed by atoms with Gasteiger partial charge in [-0.25, -0.2) is 0 Å². The second-order valence-corrected chi connectivity index (χ2v) is 4.18. The van der Waals surface area contributed by atoms with Crippen LogP contribution in [0.1, 0.15) is 11.3 Å². The largest absolute Gasteiger partial charge is 0.405 e. The van der Waals surface area contributed by atoms with Crippen LogP contribution in [0.5, 0.6) is 0 Å². The van der Waals surface area contributed by atoms with E-state index in [9.17, 15) is 13.2 Å². The highest BCUT2D eigenvalue weighted by Gasteiger charge is 2.32. The molecule has 0 saturated carbocycles. The maximum atomic E-state index is 12.3. The number of nitrogens with two attached hydrogens (primary N) is 1. The number of aromatic nitrogens is 2. The lowest BCUT2D eigenvalue weighted by atomic mass is 10.2. The van der Waals surface area contributed by atoms with Crippen LogP contribution < -0.4 is 10.6 Å². The van der Waals surface area contributed by atoms with E-state index in [1.165, 1.54) is 11.7 Å². The Labute approximate surface area is 102 Å². The molecule has 96 valence electrons. The Bertz CT molecular complexity index is 438. The van der Waals surface area contributed by atoms with Crippen LogP contribution in [0.4, 0.5) is 19.0 Å². The van der Waals surface area contributed by atoms with Gasteiger partial charge in [-0.1, -0.05) is 12.2 Å². The zero-order chi connectivity index (χ0) is 13.4. The van der Waals surface area contributed by atoms with Crippen molar-refractivity contribution in [1.29, 1.82) is 0 Å². The van der Waals surface area contributed by atoms with Gasteiger partial charge in [-0.05, 0) is 6.92 Å². The number of rotatable bonds is 3. The molecule has 1 heterocycles. The molecular weight excluding hydrogens is 253 g/mol. The minimum atomic E-state index is -4.29. The quantitative estimate of drug-likeness (QED) is 0.839. The maximum absolute atomic E-state index is 12.3. The minimum absolute atomic E-state index is 0.0413. The molecule has 8 heteroatoms. The zero-order valence-electron chi connectivity index (χ0n) is 9.67. The van der Waals surface area contributed by atoms with Crippen molar-refractivity contribution in [2.24, 2.45) is 12.8 Å². The van der Waals surface area contributed by atoms with Crippen molar-refractivity contribution in [2.75, 3.05) is 18.5 Å². The molecule has 0 aromatic carbocycles. The normalized spacial score (nSPS) is 11.6. The maximum Gasteiger partial charge on any atom is 0.405 e. The Morgan fingerprint density at radius 3 is 2.47 bits per heavy atom. The fourth-order valence-electron chi connectivity index (χ4n) is 1.72. The molecule has 0 aliphatic carbocycles. The van der Waals surface area contributed by atoms with Gasteiger partial charge in [-0.15, -0.1) is 0 Å². The van der Waals surface area contributed by atoms with Gasteiger partial charge in [-0.2, -0.15) is 18.3 Å². The fraction of sp³-hybridized carbons (Fsp3) is 0.556. The van der Waals surface area contributed by atoms with Crippen LogP contribution in [-0.2, 0) is 7.05 Å². The van der Waals surface area contributed by atoms with E-state index in [0.717, 1.165) is 4.90 Å². The first-order valence-electron chi connectivity index (χ1n) is 4.74. The number of anilines is 1. The Morgan fingerprint density at radius 2 is 2.06 bits per heavy atom. The highest BCUT2D eigenvalue weighted by Crippen LogP contribution is 2.25. The number of aryl methyl sites for hydroxylation is 2. The Hall–Kier alpha value is -1.31. The van der Waals surface area contributed by atoms with Crippen molar-refractivity contribution in [3.05, 3.63) is 11.3 Å². The Morgan fingerprint density at radius 1 is 1.53 bits per heavy atom. The van der Waals surface area contributed by atoms with Gasteiger partial charge < -0.3 is 10.6 Å². The average Bonchev–Trinajstić information content (AvgIpc) is 2.37. The molecule has 1 aromatic rings. The predicted octanol–water partition coefficient (Wildman–Crippen LogP) is 1.36. The van der Waals surface area contributed by atoms with E-state index in [2.05, 4.69) is 5.10 Å². The first-order chi connectivity index (χ1) is 7.63. The molecular formula is C9H13F3N4S. The third-order valence-electron chi connectivity index (χ3n) is 2.22. The SMILES string of the molecule is Cc1nn(C)c(N(C)CC(F)(F)F)c1C(N)=S. The first-order valence-corrected chi connectivity index (χ1v) is 5.15. The van der Waals surface area contributed by atoms with Gasteiger partial charge in [0.1, 0.15) is 17.4 Å². The molecule has 0 fully saturated rings. The monoisotopic (exact) mass is 266 g/mol. The van der Waals surface area contributed by atoms with Gasteiger partial charge in [0, 0.05) is 14.1 Å². The second kappa shape index (κ2) is 4.52. The summed E-state index contributed by atoms with van der Waals surface area (Å²) in [7, 11) is 2.88. The fourth-order valence-corrected chi connectivity index (χ4v) is 1.96. The summed E-state index contributed by atoms with van der Waals surface area (Å²) in [6.45, 7) is 0.570. The van der Waals surface area contributed by atoms with Crippen molar-refractivity contribution in [3.8, 4) is 0 Å². The first kappa shape index (κ1) is 13.8. The van der Waals surface area contributed by atoms with Crippen molar-refractivity contribution in [1.82, 2.24) is 9.78 Å².